The molecule has 1 aromatic rings. The van der Waals surface area contributed by atoms with Crippen molar-refractivity contribution in [2.24, 2.45) is 5.92 Å². The molecule has 1 fully saturated rings. The van der Waals surface area contributed by atoms with Crippen molar-refractivity contribution in [2.75, 3.05) is 11.4 Å². The normalized spacial score (nSPS) is 15.6. The Balaban J connectivity index is 2.10. The number of nitrogens with one attached hydrogen (secondary N) is 1. The van der Waals surface area contributed by atoms with Crippen LogP contribution in [0.2, 0.25) is 5.02 Å². The smallest absolute Gasteiger partial charge is 0.147 e. The van der Waals surface area contributed by atoms with Gasteiger partial charge in [0.2, 0.25) is 0 Å². The number of hydrogen-bond acceptors (Lipinski definition) is 3. The van der Waals surface area contributed by atoms with Gasteiger partial charge < -0.3 is 10.2 Å². The first-order valence-electron chi connectivity index (χ1n) is 7.92. The zero-order valence-electron chi connectivity index (χ0n) is 13.9. The fourth-order valence-corrected chi connectivity index (χ4v) is 2.63. The first kappa shape index (κ1) is 16.6. The van der Waals surface area contributed by atoms with Gasteiger partial charge in [0.05, 0.1) is 5.02 Å². The van der Waals surface area contributed by atoms with Crippen LogP contribution < -0.4 is 10.2 Å². The Labute approximate surface area is 134 Å². The van der Waals surface area contributed by atoms with E-state index in [0.29, 0.717) is 12.0 Å². The quantitative estimate of drug-likeness (QED) is 0.851. The molecule has 0 radical (unpaired) electrons. The molecule has 1 aliphatic rings. The molecule has 0 unspecified atom stereocenters. The largest absolute Gasteiger partial charge is 0.352 e. The van der Waals surface area contributed by atoms with Gasteiger partial charge in [0.15, 0.2) is 0 Å². The van der Waals surface area contributed by atoms with E-state index in [9.17, 15) is 0 Å². The summed E-state index contributed by atoms with van der Waals surface area (Å²) in [6.45, 7) is 12.8. The fourth-order valence-electron chi connectivity index (χ4n) is 2.33. The molecule has 0 atom stereocenters. The van der Waals surface area contributed by atoms with Gasteiger partial charge in [-0.1, -0.05) is 25.4 Å². The minimum atomic E-state index is 0.100. The van der Waals surface area contributed by atoms with E-state index in [2.05, 4.69) is 55.9 Å². The van der Waals surface area contributed by atoms with Gasteiger partial charge in [0.25, 0.3) is 0 Å². The molecule has 4 heteroatoms. The lowest BCUT2D eigenvalue weighted by molar-refractivity contribution is 0.424. The number of rotatable bonds is 6. The van der Waals surface area contributed by atoms with Crippen LogP contribution in [-0.2, 0) is 6.54 Å². The molecule has 0 amide bonds. The first-order chi connectivity index (χ1) is 9.76. The third-order valence-electron chi connectivity index (χ3n) is 3.52. The lowest BCUT2D eigenvalue weighted by Crippen LogP contribution is -2.35. The molecular weight excluding hydrogens is 282 g/mol. The molecule has 0 saturated heterocycles. The average Bonchev–Trinajstić information content (AvgIpc) is 3.17. The molecule has 0 bridgehead atoms. The maximum absolute atomic E-state index is 6.50. The van der Waals surface area contributed by atoms with E-state index >= 15 is 0 Å². The summed E-state index contributed by atoms with van der Waals surface area (Å²) in [5.41, 5.74) is 1.24. The van der Waals surface area contributed by atoms with Crippen LogP contribution >= 0.6 is 11.6 Å². The predicted molar refractivity (Wildman–Crippen MR) is 91.0 cm³/mol. The van der Waals surface area contributed by atoms with E-state index in [1.807, 2.05) is 6.20 Å². The first-order valence-corrected chi connectivity index (χ1v) is 8.30. The zero-order valence-corrected chi connectivity index (χ0v) is 14.7. The van der Waals surface area contributed by atoms with Crippen molar-refractivity contribution >= 4 is 17.4 Å². The van der Waals surface area contributed by atoms with Crippen LogP contribution in [0.4, 0.5) is 5.82 Å². The highest BCUT2D eigenvalue weighted by molar-refractivity contribution is 6.33. The van der Waals surface area contributed by atoms with Crippen molar-refractivity contribution in [1.82, 2.24) is 10.3 Å². The van der Waals surface area contributed by atoms with E-state index < -0.39 is 0 Å². The van der Waals surface area contributed by atoms with E-state index in [0.717, 1.165) is 29.5 Å². The van der Waals surface area contributed by atoms with Gasteiger partial charge in [-0.2, -0.15) is 0 Å². The van der Waals surface area contributed by atoms with Crippen LogP contribution in [0, 0.1) is 5.92 Å². The maximum atomic E-state index is 6.50. The summed E-state index contributed by atoms with van der Waals surface area (Å²) in [6.07, 6.45) is 4.48. The van der Waals surface area contributed by atoms with Crippen LogP contribution in [-0.4, -0.2) is 23.1 Å². The van der Waals surface area contributed by atoms with E-state index in [-0.39, 0.29) is 5.54 Å². The van der Waals surface area contributed by atoms with Gasteiger partial charge in [-0.15, -0.1) is 0 Å². The Bertz CT molecular complexity index is 475. The fraction of sp³-hybridized carbons (Fsp3) is 0.706. The molecule has 0 aliphatic heterocycles. The van der Waals surface area contributed by atoms with Crippen LogP contribution in [0.25, 0.3) is 0 Å². The highest BCUT2D eigenvalue weighted by Gasteiger charge is 2.31. The van der Waals surface area contributed by atoms with Crippen LogP contribution in [0.15, 0.2) is 12.3 Å². The monoisotopic (exact) mass is 309 g/mol. The minimum absolute atomic E-state index is 0.100. The number of pyridine rings is 1. The summed E-state index contributed by atoms with van der Waals surface area (Å²) < 4.78 is 0. The lowest BCUT2D eigenvalue weighted by Gasteiger charge is -2.27. The van der Waals surface area contributed by atoms with Gasteiger partial charge >= 0.3 is 0 Å². The highest BCUT2D eigenvalue weighted by atomic mass is 35.5. The molecule has 0 spiro atoms. The van der Waals surface area contributed by atoms with Crippen molar-refractivity contribution in [3.63, 3.8) is 0 Å². The summed E-state index contributed by atoms with van der Waals surface area (Å²) in [7, 11) is 0. The molecule has 1 aliphatic carbocycles. The molecule has 1 aromatic heterocycles. The summed E-state index contributed by atoms with van der Waals surface area (Å²) in [5, 5.41) is 4.24. The third-order valence-corrected chi connectivity index (χ3v) is 3.80. The minimum Gasteiger partial charge on any atom is -0.352 e. The summed E-state index contributed by atoms with van der Waals surface area (Å²) in [5.74, 6) is 1.57. The molecular formula is C17H28ClN3. The zero-order chi connectivity index (χ0) is 15.6. The standard InChI is InChI=1S/C17H28ClN3/c1-12(2)11-21(14-6-7-14)16-15(18)8-13(9-19-16)10-20-17(3,4)5/h8-9,12,14,20H,6-7,10-11H2,1-5H3. The Morgan fingerprint density at radius 3 is 2.52 bits per heavy atom. The maximum Gasteiger partial charge on any atom is 0.147 e. The van der Waals surface area contributed by atoms with Crippen molar-refractivity contribution in [2.45, 2.75) is 65.6 Å². The van der Waals surface area contributed by atoms with Gasteiger partial charge in [-0.05, 0) is 51.2 Å². The Hall–Kier alpha value is -0.800. The molecule has 21 heavy (non-hydrogen) atoms. The van der Waals surface area contributed by atoms with E-state index in [4.69, 9.17) is 11.6 Å². The van der Waals surface area contributed by atoms with Crippen molar-refractivity contribution in [1.29, 1.82) is 0 Å². The van der Waals surface area contributed by atoms with Gasteiger partial charge in [-0.25, -0.2) is 4.98 Å². The van der Waals surface area contributed by atoms with Crippen molar-refractivity contribution < 1.29 is 0 Å². The number of anilines is 1. The van der Waals surface area contributed by atoms with E-state index in [1.165, 1.54) is 12.8 Å². The number of aromatic nitrogens is 1. The van der Waals surface area contributed by atoms with Crippen molar-refractivity contribution in [3.05, 3.63) is 22.8 Å². The Morgan fingerprint density at radius 1 is 1.38 bits per heavy atom. The summed E-state index contributed by atoms with van der Waals surface area (Å²) in [6, 6.07) is 2.69. The molecule has 1 heterocycles. The van der Waals surface area contributed by atoms with E-state index in [1.54, 1.807) is 0 Å². The Morgan fingerprint density at radius 2 is 2.05 bits per heavy atom. The number of hydrogen-bond donors (Lipinski definition) is 1. The van der Waals surface area contributed by atoms with Crippen molar-refractivity contribution in [3.8, 4) is 0 Å². The van der Waals surface area contributed by atoms with Gasteiger partial charge in [0, 0.05) is 30.9 Å². The topological polar surface area (TPSA) is 28.2 Å². The molecule has 1 N–H and O–H groups in total. The average molecular weight is 310 g/mol. The Kier molecular flexibility index (Phi) is 5.15. The van der Waals surface area contributed by atoms with Crippen LogP contribution in [0.1, 0.15) is 53.0 Å². The van der Waals surface area contributed by atoms with Crippen LogP contribution in [0.5, 0.6) is 0 Å². The van der Waals surface area contributed by atoms with Gasteiger partial charge in [-0.3, -0.25) is 0 Å². The molecule has 2 rings (SSSR count). The lowest BCUT2D eigenvalue weighted by atomic mass is 10.1. The molecule has 1 saturated carbocycles. The second-order valence-corrected chi connectivity index (χ2v) is 7.94. The number of halogens is 1. The summed E-state index contributed by atoms with van der Waals surface area (Å²) >= 11 is 6.50. The third kappa shape index (κ3) is 5.15. The van der Waals surface area contributed by atoms with Gasteiger partial charge in [0.1, 0.15) is 5.82 Å². The molecule has 3 nitrogen and oxygen atoms in total. The molecule has 118 valence electrons. The SMILES string of the molecule is CC(C)CN(c1ncc(CNC(C)(C)C)cc1Cl)C1CC1. The predicted octanol–water partition coefficient (Wildman–Crippen LogP) is 4.25. The second-order valence-electron chi connectivity index (χ2n) is 7.53. The second kappa shape index (κ2) is 6.53. The van der Waals surface area contributed by atoms with Crippen LogP contribution in [0.3, 0.4) is 0 Å². The highest BCUT2D eigenvalue weighted by Crippen LogP contribution is 2.35. The molecule has 0 aromatic carbocycles. The number of nitrogens with zero attached hydrogens (tertiary/aromatic N) is 2. The summed E-state index contributed by atoms with van der Waals surface area (Å²) in [4.78, 5) is 7.03.